The van der Waals surface area contributed by atoms with E-state index in [0.717, 1.165) is 0 Å². The summed E-state index contributed by atoms with van der Waals surface area (Å²) in [6, 6.07) is 6.47. The van der Waals surface area contributed by atoms with E-state index < -0.39 is 10.0 Å². The summed E-state index contributed by atoms with van der Waals surface area (Å²) in [5, 5.41) is 0. The number of rotatable bonds is 8. The van der Waals surface area contributed by atoms with Gasteiger partial charge in [0.15, 0.2) is 0 Å². The molecule has 1 aromatic carbocycles. The first-order chi connectivity index (χ1) is 13.5. The molecule has 2 rings (SSSR count). The van der Waals surface area contributed by atoms with E-state index in [1.165, 1.54) is 16.4 Å². The molecule has 0 N–H and O–H groups in total. The van der Waals surface area contributed by atoms with Crippen molar-refractivity contribution in [3.8, 4) is 0 Å². The average Bonchev–Trinajstić information content (AvgIpc) is 3.03. The van der Waals surface area contributed by atoms with Crippen LogP contribution in [0.3, 0.4) is 0 Å². The summed E-state index contributed by atoms with van der Waals surface area (Å²) in [6.45, 7) is 12.6. The van der Waals surface area contributed by atoms with Crippen molar-refractivity contribution in [1.29, 1.82) is 0 Å². The number of nitrogens with zero attached hydrogens (tertiary/aromatic N) is 3. The van der Waals surface area contributed by atoms with Crippen molar-refractivity contribution in [2.45, 2.75) is 64.9 Å². The van der Waals surface area contributed by atoms with Crippen LogP contribution in [-0.4, -0.2) is 61.2 Å². The van der Waals surface area contributed by atoms with Crippen LogP contribution in [-0.2, 0) is 19.6 Å². The summed E-state index contributed by atoms with van der Waals surface area (Å²) < 4.78 is 26.7. The van der Waals surface area contributed by atoms with Gasteiger partial charge in [0.25, 0.3) is 0 Å². The van der Waals surface area contributed by atoms with Gasteiger partial charge in [-0.1, -0.05) is 13.8 Å². The Hall–Kier alpha value is -1.93. The van der Waals surface area contributed by atoms with Crippen LogP contribution in [0, 0.1) is 5.92 Å². The Morgan fingerprint density at radius 1 is 1.07 bits per heavy atom. The molecule has 1 aliphatic rings. The highest BCUT2D eigenvalue weighted by Gasteiger charge is 2.38. The van der Waals surface area contributed by atoms with Crippen molar-refractivity contribution in [3.05, 3.63) is 24.3 Å². The fraction of sp³-hybridized carbons (Fsp3) is 0.619. The number of carbonyl (C=O) groups is 2. The molecule has 0 radical (unpaired) electrons. The van der Waals surface area contributed by atoms with Gasteiger partial charge in [-0.05, 0) is 52.0 Å². The molecular formula is C21H33N3O4S. The second-order valence-electron chi connectivity index (χ2n) is 7.92. The molecule has 7 nitrogen and oxygen atoms in total. The lowest BCUT2D eigenvalue weighted by Crippen LogP contribution is -2.45. The van der Waals surface area contributed by atoms with Gasteiger partial charge in [0.05, 0.1) is 10.8 Å². The molecule has 1 aliphatic heterocycles. The molecule has 2 amide bonds. The zero-order valence-electron chi connectivity index (χ0n) is 18.3. The molecule has 0 aliphatic carbocycles. The zero-order chi connectivity index (χ0) is 21.9. The predicted molar refractivity (Wildman–Crippen MR) is 114 cm³/mol. The largest absolute Gasteiger partial charge is 0.338 e. The van der Waals surface area contributed by atoms with Crippen LogP contribution in [0.2, 0.25) is 0 Å². The molecule has 1 aromatic rings. The molecule has 0 saturated carbocycles. The van der Waals surface area contributed by atoms with Gasteiger partial charge >= 0.3 is 0 Å². The Labute approximate surface area is 174 Å². The topological polar surface area (TPSA) is 78.0 Å². The summed E-state index contributed by atoms with van der Waals surface area (Å²) in [7, 11) is -3.54. The summed E-state index contributed by atoms with van der Waals surface area (Å²) >= 11 is 0. The SMILES string of the molecule is CCN(CC)S(=O)(=O)c1ccc(N2CC(C(=O)N(C(C)C)C(C)C)CC2=O)cc1. The third-order valence-corrected chi connectivity index (χ3v) is 7.40. The zero-order valence-corrected chi connectivity index (χ0v) is 19.1. The second-order valence-corrected chi connectivity index (χ2v) is 9.86. The van der Waals surface area contributed by atoms with Gasteiger partial charge in [0.2, 0.25) is 21.8 Å². The Bertz CT molecular complexity index is 822. The van der Waals surface area contributed by atoms with Crippen LogP contribution in [0.25, 0.3) is 0 Å². The van der Waals surface area contributed by atoms with Crippen molar-refractivity contribution >= 4 is 27.5 Å². The molecule has 162 valence electrons. The maximum atomic E-state index is 12.9. The van der Waals surface area contributed by atoms with Crippen LogP contribution < -0.4 is 4.90 Å². The second kappa shape index (κ2) is 9.26. The highest BCUT2D eigenvalue weighted by Crippen LogP contribution is 2.29. The third-order valence-electron chi connectivity index (χ3n) is 5.33. The van der Waals surface area contributed by atoms with Crippen molar-refractivity contribution in [3.63, 3.8) is 0 Å². The van der Waals surface area contributed by atoms with Crippen LogP contribution >= 0.6 is 0 Å². The summed E-state index contributed by atoms with van der Waals surface area (Å²) in [6.07, 6.45) is 0.175. The fourth-order valence-corrected chi connectivity index (χ4v) is 5.41. The number of hydrogen-bond acceptors (Lipinski definition) is 4. The number of amides is 2. The molecular weight excluding hydrogens is 390 g/mol. The first-order valence-corrected chi connectivity index (χ1v) is 11.7. The van der Waals surface area contributed by atoms with E-state index in [1.54, 1.807) is 30.9 Å². The quantitative estimate of drug-likeness (QED) is 0.644. The van der Waals surface area contributed by atoms with Crippen LogP contribution in [0.4, 0.5) is 5.69 Å². The Morgan fingerprint density at radius 3 is 2.03 bits per heavy atom. The smallest absolute Gasteiger partial charge is 0.243 e. The van der Waals surface area contributed by atoms with E-state index in [9.17, 15) is 18.0 Å². The van der Waals surface area contributed by atoms with Gasteiger partial charge in [-0.3, -0.25) is 9.59 Å². The Kier molecular flexibility index (Phi) is 7.45. The van der Waals surface area contributed by atoms with Gasteiger partial charge in [0, 0.05) is 43.8 Å². The van der Waals surface area contributed by atoms with Crippen molar-refractivity contribution in [2.75, 3.05) is 24.5 Å². The average molecular weight is 424 g/mol. The van der Waals surface area contributed by atoms with Crippen molar-refractivity contribution < 1.29 is 18.0 Å². The molecule has 8 heteroatoms. The van der Waals surface area contributed by atoms with Gasteiger partial charge < -0.3 is 9.80 Å². The minimum absolute atomic E-state index is 0.00780. The fourth-order valence-electron chi connectivity index (χ4n) is 3.95. The number of carbonyl (C=O) groups excluding carboxylic acids is 2. The molecule has 1 fully saturated rings. The third kappa shape index (κ3) is 4.80. The Balaban J connectivity index is 2.20. The molecule has 1 atom stereocenters. The summed E-state index contributed by atoms with van der Waals surface area (Å²) in [5.74, 6) is -0.506. The van der Waals surface area contributed by atoms with E-state index >= 15 is 0 Å². The maximum absolute atomic E-state index is 12.9. The van der Waals surface area contributed by atoms with Gasteiger partial charge in [0.1, 0.15) is 0 Å². The van der Waals surface area contributed by atoms with Crippen molar-refractivity contribution in [2.24, 2.45) is 5.92 Å². The molecule has 1 unspecified atom stereocenters. The lowest BCUT2D eigenvalue weighted by atomic mass is 10.0. The number of anilines is 1. The first-order valence-electron chi connectivity index (χ1n) is 10.3. The van der Waals surface area contributed by atoms with E-state index in [2.05, 4.69) is 0 Å². The molecule has 1 heterocycles. The minimum Gasteiger partial charge on any atom is -0.338 e. The minimum atomic E-state index is -3.54. The molecule has 0 bridgehead atoms. The lowest BCUT2D eigenvalue weighted by molar-refractivity contribution is -0.139. The summed E-state index contributed by atoms with van der Waals surface area (Å²) in [4.78, 5) is 29.1. The molecule has 29 heavy (non-hydrogen) atoms. The van der Waals surface area contributed by atoms with Crippen molar-refractivity contribution in [1.82, 2.24) is 9.21 Å². The predicted octanol–water partition coefficient (Wildman–Crippen LogP) is 2.72. The normalized spacial score (nSPS) is 17.6. The monoisotopic (exact) mass is 423 g/mol. The molecule has 0 spiro atoms. The van der Waals surface area contributed by atoms with E-state index in [-0.39, 0.29) is 41.1 Å². The van der Waals surface area contributed by atoms with Crippen LogP contribution in [0.5, 0.6) is 0 Å². The van der Waals surface area contributed by atoms with Gasteiger partial charge in [-0.25, -0.2) is 8.42 Å². The first kappa shape index (κ1) is 23.3. The van der Waals surface area contributed by atoms with E-state index in [0.29, 0.717) is 25.3 Å². The van der Waals surface area contributed by atoms with E-state index in [4.69, 9.17) is 0 Å². The van der Waals surface area contributed by atoms with Crippen LogP contribution in [0.15, 0.2) is 29.2 Å². The highest BCUT2D eigenvalue weighted by molar-refractivity contribution is 7.89. The lowest BCUT2D eigenvalue weighted by Gasteiger charge is -2.33. The Morgan fingerprint density at radius 2 is 1.59 bits per heavy atom. The standard InChI is InChI=1S/C21H33N3O4S/c1-7-22(8-2)29(27,28)19-11-9-18(10-12-19)23-14-17(13-20(23)25)21(26)24(15(3)4)16(5)6/h9-12,15-17H,7-8,13-14H2,1-6H3. The number of sulfonamides is 1. The highest BCUT2D eigenvalue weighted by atomic mass is 32.2. The summed E-state index contributed by atoms with van der Waals surface area (Å²) in [5.41, 5.74) is 0.615. The number of hydrogen-bond donors (Lipinski definition) is 0. The van der Waals surface area contributed by atoms with Crippen LogP contribution in [0.1, 0.15) is 48.0 Å². The maximum Gasteiger partial charge on any atom is 0.243 e. The van der Waals surface area contributed by atoms with Gasteiger partial charge in [-0.15, -0.1) is 0 Å². The molecule has 1 saturated heterocycles. The number of benzene rings is 1. The van der Waals surface area contributed by atoms with E-state index in [1.807, 2.05) is 32.6 Å². The van der Waals surface area contributed by atoms with Gasteiger partial charge in [-0.2, -0.15) is 4.31 Å². The molecule has 0 aromatic heterocycles.